The van der Waals surface area contributed by atoms with Gasteiger partial charge in [-0.15, -0.1) is 23.5 Å². The third kappa shape index (κ3) is 9.04. The van der Waals surface area contributed by atoms with Gasteiger partial charge in [0, 0.05) is 52.6 Å². The molecule has 0 radical (unpaired) electrons. The molecule has 3 heterocycles. The molecule has 0 saturated carbocycles. The van der Waals surface area contributed by atoms with E-state index in [0.717, 1.165) is 22.3 Å². The van der Waals surface area contributed by atoms with Crippen LogP contribution in [-0.4, -0.2) is 21.5 Å². The van der Waals surface area contributed by atoms with Gasteiger partial charge in [0.15, 0.2) is 0 Å². The van der Waals surface area contributed by atoms with Gasteiger partial charge >= 0.3 is 0 Å². The van der Waals surface area contributed by atoms with Crippen LogP contribution >= 0.6 is 47.0 Å². The van der Waals surface area contributed by atoms with E-state index in [0.29, 0.717) is 0 Å². The fraction of sp³-hybridized carbons (Fsp3) is 0.286. The Bertz CT molecular complexity index is 1770. The van der Waals surface area contributed by atoms with Crippen molar-refractivity contribution < 1.29 is 0 Å². The van der Waals surface area contributed by atoms with Crippen molar-refractivity contribution in [1.29, 1.82) is 0 Å². The van der Waals surface area contributed by atoms with Gasteiger partial charge in [-0.25, -0.2) is 0 Å². The molecular formula is C42H40N2S4. The molecule has 2 aliphatic rings. The van der Waals surface area contributed by atoms with Crippen molar-refractivity contribution >= 4 is 52.6 Å². The molecule has 2 aromatic carbocycles. The van der Waals surface area contributed by atoms with Gasteiger partial charge in [0.2, 0.25) is 0 Å². The predicted octanol–water partition coefficient (Wildman–Crippen LogP) is 12.2. The highest BCUT2D eigenvalue weighted by atomic mass is 32.3. The zero-order chi connectivity index (χ0) is 33.0. The lowest BCUT2D eigenvalue weighted by atomic mass is 10.0. The van der Waals surface area contributed by atoms with Gasteiger partial charge in [0.05, 0.1) is 12.7 Å². The van der Waals surface area contributed by atoms with Crippen molar-refractivity contribution in [2.45, 2.75) is 65.2 Å². The summed E-state index contributed by atoms with van der Waals surface area (Å²) in [6.45, 7) is 4.57. The Morgan fingerprint density at radius 1 is 0.542 bits per heavy atom. The zero-order valence-electron chi connectivity index (χ0n) is 27.7. The van der Waals surface area contributed by atoms with Crippen LogP contribution in [0.5, 0.6) is 0 Å². The molecule has 0 bridgehead atoms. The molecule has 0 atom stereocenters. The Kier molecular flexibility index (Phi) is 12.9. The molecule has 48 heavy (non-hydrogen) atoms. The fourth-order valence-electron chi connectivity index (χ4n) is 5.59. The summed E-state index contributed by atoms with van der Waals surface area (Å²) in [6.07, 6.45) is 17.6. The molecule has 0 N–H and O–H groups in total. The normalized spacial score (nSPS) is 13.1. The van der Waals surface area contributed by atoms with Crippen molar-refractivity contribution in [2.75, 3.05) is 11.5 Å². The third-order valence-corrected chi connectivity index (χ3v) is 13.8. The van der Waals surface area contributed by atoms with Crippen LogP contribution < -0.4 is 0 Å². The van der Waals surface area contributed by atoms with Gasteiger partial charge < -0.3 is 0 Å². The Labute approximate surface area is 303 Å². The minimum absolute atomic E-state index is 0.915. The van der Waals surface area contributed by atoms with E-state index in [2.05, 4.69) is 107 Å². The van der Waals surface area contributed by atoms with Crippen molar-refractivity contribution in [3.8, 4) is 34.8 Å². The van der Waals surface area contributed by atoms with E-state index in [9.17, 15) is 0 Å². The van der Waals surface area contributed by atoms with Crippen LogP contribution in [0.3, 0.4) is 0 Å². The van der Waals surface area contributed by atoms with Crippen LogP contribution in [0.1, 0.15) is 98.6 Å². The first-order valence-electron chi connectivity index (χ1n) is 17.0. The summed E-state index contributed by atoms with van der Waals surface area (Å²) in [4.78, 5) is 8.45. The number of pyridine rings is 2. The second kappa shape index (κ2) is 17.9. The number of rotatable bonds is 12. The zero-order valence-corrected chi connectivity index (χ0v) is 30.9. The van der Waals surface area contributed by atoms with Crippen LogP contribution in [-0.2, 0) is 0 Å². The van der Waals surface area contributed by atoms with Crippen molar-refractivity contribution in [3.63, 3.8) is 0 Å². The maximum absolute atomic E-state index is 4.23. The first-order valence-corrected chi connectivity index (χ1v) is 20.6. The minimum Gasteiger partial charge on any atom is -0.263 e. The smallest absolute Gasteiger partial charge is 0.0660 e. The summed E-state index contributed by atoms with van der Waals surface area (Å²) in [5, 5.41) is 0. The molecule has 1 aliphatic carbocycles. The highest BCUT2D eigenvalue weighted by Crippen LogP contribution is 2.62. The number of hydrogen-bond acceptors (Lipinski definition) is 6. The average Bonchev–Trinajstić information content (AvgIpc) is 3.68. The second-order valence-corrected chi connectivity index (χ2v) is 16.8. The quantitative estimate of drug-likeness (QED) is 0.0949. The van der Waals surface area contributed by atoms with Crippen molar-refractivity contribution in [1.82, 2.24) is 9.97 Å². The molecule has 0 fully saturated rings. The Balaban J connectivity index is 1.35. The van der Waals surface area contributed by atoms with Crippen LogP contribution in [0, 0.1) is 23.7 Å². The lowest BCUT2D eigenvalue weighted by Gasteiger charge is -2.08. The van der Waals surface area contributed by atoms with Crippen LogP contribution in [0.25, 0.3) is 16.7 Å². The molecule has 6 rings (SSSR count). The van der Waals surface area contributed by atoms with Gasteiger partial charge in [0.1, 0.15) is 0 Å². The lowest BCUT2D eigenvalue weighted by Crippen LogP contribution is -1.85. The van der Waals surface area contributed by atoms with Gasteiger partial charge in [-0.2, -0.15) is 0 Å². The summed E-state index contributed by atoms with van der Waals surface area (Å²) in [5.74, 6) is 15.8. The Hall–Kier alpha value is -3.26. The number of unbranched alkanes of at least 4 members (excludes halogenated alkanes) is 6. The van der Waals surface area contributed by atoms with E-state index < -0.39 is 0 Å². The lowest BCUT2D eigenvalue weighted by molar-refractivity contribution is 0.707. The second-order valence-electron chi connectivity index (χ2n) is 11.8. The number of hydrogen-bond donors (Lipinski definition) is 0. The maximum Gasteiger partial charge on any atom is 0.0660 e. The topological polar surface area (TPSA) is 25.8 Å². The summed E-state index contributed by atoms with van der Waals surface area (Å²) < 4.78 is 4.38. The SMILES string of the molecule is CCCCCCSC1=C(SCCCCCC)SC(=C2c3ccc(C#Cc4cccnc4)cc3-c3cc(C#Cc4cccnc4)ccc32)S1. The molecule has 0 spiro atoms. The highest BCUT2D eigenvalue weighted by molar-refractivity contribution is 8.40. The van der Waals surface area contributed by atoms with Crippen LogP contribution in [0.15, 0.2) is 98.2 Å². The van der Waals surface area contributed by atoms with Crippen LogP contribution in [0.2, 0.25) is 0 Å². The molecular weight excluding hydrogens is 661 g/mol. The monoisotopic (exact) mass is 700 g/mol. The van der Waals surface area contributed by atoms with E-state index in [1.54, 1.807) is 12.4 Å². The van der Waals surface area contributed by atoms with E-state index in [1.807, 2.05) is 60.2 Å². The van der Waals surface area contributed by atoms with Gasteiger partial charge in [-0.1, -0.05) is 112 Å². The molecule has 0 amide bonds. The summed E-state index contributed by atoms with van der Waals surface area (Å²) >= 11 is 8.13. The molecule has 0 saturated heterocycles. The van der Waals surface area contributed by atoms with Crippen molar-refractivity contribution in [2.24, 2.45) is 0 Å². The number of fused-ring (bicyclic) bond motifs is 3. The summed E-state index contributed by atoms with van der Waals surface area (Å²) in [5.41, 5.74) is 10.2. The van der Waals surface area contributed by atoms with E-state index >= 15 is 0 Å². The van der Waals surface area contributed by atoms with Gasteiger partial charge in [0.25, 0.3) is 0 Å². The molecule has 2 nitrogen and oxygen atoms in total. The summed E-state index contributed by atoms with van der Waals surface area (Å²) in [6, 6.07) is 21.3. The van der Waals surface area contributed by atoms with E-state index in [4.69, 9.17) is 0 Å². The molecule has 4 aromatic rings. The third-order valence-electron chi connectivity index (χ3n) is 8.10. The van der Waals surface area contributed by atoms with Crippen LogP contribution in [0.4, 0.5) is 0 Å². The number of benzene rings is 2. The fourth-order valence-corrected chi connectivity index (χ4v) is 11.7. The van der Waals surface area contributed by atoms with Gasteiger partial charge in [-0.05, 0) is 95.1 Å². The van der Waals surface area contributed by atoms with Crippen molar-refractivity contribution in [3.05, 3.63) is 132 Å². The first-order chi connectivity index (χ1) is 23.7. The first kappa shape index (κ1) is 34.6. The van der Waals surface area contributed by atoms with E-state index in [1.165, 1.54) is 103 Å². The largest absolute Gasteiger partial charge is 0.263 e. The van der Waals surface area contributed by atoms with Gasteiger partial charge in [-0.3, -0.25) is 9.97 Å². The standard InChI is InChI=1S/C42H40N2S4/c1-3-5-7-9-25-45-41-42(46-26-10-8-6-4-2)48-40(47-41)39-35-21-19-31(15-17-33-13-11-23-43-29-33)27-37(35)38-28-32(20-22-36(38)39)16-18-34-14-12-24-44-30-34/h11-14,19-24,27-30H,3-10,25-26H2,1-2H3. The molecule has 242 valence electrons. The minimum atomic E-state index is 0.915. The molecule has 6 heteroatoms. The molecule has 0 unspecified atom stereocenters. The highest BCUT2D eigenvalue weighted by Gasteiger charge is 2.32. The number of thioether (sulfide) groups is 4. The predicted molar refractivity (Wildman–Crippen MR) is 214 cm³/mol. The average molecular weight is 701 g/mol. The number of aromatic nitrogens is 2. The molecule has 1 aliphatic heterocycles. The Morgan fingerprint density at radius 2 is 1.02 bits per heavy atom. The maximum atomic E-state index is 4.23. The Morgan fingerprint density at radius 3 is 1.46 bits per heavy atom. The summed E-state index contributed by atoms with van der Waals surface area (Å²) in [7, 11) is 0. The number of nitrogens with zero attached hydrogens (tertiary/aromatic N) is 2. The van der Waals surface area contributed by atoms with E-state index in [-0.39, 0.29) is 0 Å². The molecule has 2 aromatic heterocycles.